The molecule has 2 heterocycles. The van der Waals surface area contributed by atoms with Crippen LogP contribution in [0.4, 0.5) is 0 Å². The molecule has 2 atom stereocenters. The summed E-state index contributed by atoms with van der Waals surface area (Å²) in [6.07, 6.45) is 0.178. The van der Waals surface area contributed by atoms with Crippen LogP contribution in [0.3, 0.4) is 0 Å². The van der Waals surface area contributed by atoms with Crippen molar-refractivity contribution in [1.29, 1.82) is 0 Å². The van der Waals surface area contributed by atoms with E-state index in [1.165, 1.54) is 0 Å². The molecule has 0 N–H and O–H groups in total. The van der Waals surface area contributed by atoms with E-state index in [0.29, 0.717) is 41.0 Å². The fourth-order valence-electron chi connectivity index (χ4n) is 4.69. The van der Waals surface area contributed by atoms with Gasteiger partial charge in [-0.05, 0) is 48.9 Å². The Kier molecular flexibility index (Phi) is 6.34. The van der Waals surface area contributed by atoms with Gasteiger partial charge >= 0.3 is 0 Å². The molecule has 0 saturated carbocycles. The van der Waals surface area contributed by atoms with Crippen LogP contribution in [-0.2, 0) is 0 Å². The molecule has 0 unspecified atom stereocenters. The lowest BCUT2D eigenvalue weighted by molar-refractivity contribution is -0.0205. The van der Waals surface area contributed by atoms with E-state index in [-0.39, 0.29) is 6.04 Å². The van der Waals surface area contributed by atoms with Gasteiger partial charge in [-0.25, -0.2) is 5.01 Å². The summed E-state index contributed by atoms with van der Waals surface area (Å²) in [6.45, 7) is 2.49. The lowest BCUT2D eigenvalue weighted by Gasteiger charge is -2.38. The Labute approximate surface area is 209 Å². The number of hydrogen-bond donors (Lipinski definition) is 0. The third-order valence-corrected chi connectivity index (χ3v) is 6.56. The van der Waals surface area contributed by atoms with Crippen LogP contribution >= 0.6 is 11.6 Å². The predicted molar refractivity (Wildman–Crippen MR) is 134 cm³/mol. The molecule has 3 aromatic rings. The molecule has 2 aliphatic rings. The summed E-state index contributed by atoms with van der Waals surface area (Å²) >= 11 is 6.49. The fourth-order valence-corrected chi connectivity index (χ4v) is 4.92. The van der Waals surface area contributed by atoms with E-state index in [2.05, 4.69) is 6.07 Å². The zero-order valence-electron chi connectivity index (χ0n) is 20.1. The third-order valence-electron chi connectivity index (χ3n) is 6.26. The van der Waals surface area contributed by atoms with Crippen LogP contribution in [-0.4, -0.2) is 38.7 Å². The summed E-state index contributed by atoms with van der Waals surface area (Å²) in [4.78, 5) is 0. The molecule has 2 aliphatic heterocycles. The second-order valence-electron chi connectivity index (χ2n) is 8.16. The van der Waals surface area contributed by atoms with E-state index < -0.39 is 6.23 Å². The van der Waals surface area contributed by atoms with Crippen LogP contribution in [0.2, 0.25) is 5.02 Å². The van der Waals surface area contributed by atoms with E-state index in [1.807, 2.05) is 60.5 Å². The second-order valence-corrected chi connectivity index (χ2v) is 8.56. The lowest BCUT2D eigenvalue weighted by Crippen LogP contribution is -2.34. The third kappa shape index (κ3) is 4.00. The fraction of sp³-hybridized carbons (Fsp3) is 0.296. The van der Waals surface area contributed by atoms with Crippen molar-refractivity contribution in [2.75, 3.05) is 27.9 Å². The number of hydrazone groups is 1. The molecule has 5 rings (SSSR count). The molecular formula is C27H27ClN2O5. The minimum Gasteiger partial charge on any atom is -0.493 e. The van der Waals surface area contributed by atoms with Crippen molar-refractivity contribution < 1.29 is 23.7 Å². The van der Waals surface area contributed by atoms with E-state index in [4.69, 9.17) is 40.4 Å². The van der Waals surface area contributed by atoms with Gasteiger partial charge in [0.25, 0.3) is 0 Å². The van der Waals surface area contributed by atoms with Gasteiger partial charge in [-0.2, -0.15) is 5.10 Å². The highest BCUT2D eigenvalue weighted by atomic mass is 35.5. The largest absolute Gasteiger partial charge is 0.493 e. The summed E-state index contributed by atoms with van der Waals surface area (Å²) in [6, 6.07) is 17.6. The van der Waals surface area contributed by atoms with Crippen molar-refractivity contribution in [3.63, 3.8) is 0 Å². The summed E-state index contributed by atoms with van der Waals surface area (Å²) in [5.74, 6) is 3.11. The maximum absolute atomic E-state index is 6.50. The standard InChI is InChI=1S/C27H27ClN2O5/c1-5-34-23-12-10-16(14-19(23)28)20-15-21-17-8-6-7-9-22(17)35-27(30(21)29-20)18-11-13-24(31-2)26(33-4)25(18)32-3/h6-14,21,27H,5,15H2,1-4H3/t21-,27+/m0/s1. The Morgan fingerprint density at radius 1 is 0.943 bits per heavy atom. The zero-order valence-corrected chi connectivity index (χ0v) is 20.8. The number of para-hydroxylation sites is 1. The molecule has 0 aromatic heterocycles. The molecule has 0 bridgehead atoms. The highest BCUT2D eigenvalue weighted by Crippen LogP contribution is 2.51. The van der Waals surface area contributed by atoms with Crippen molar-refractivity contribution in [3.05, 3.63) is 76.3 Å². The van der Waals surface area contributed by atoms with Gasteiger partial charge in [-0.15, -0.1) is 0 Å². The highest BCUT2D eigenvalue weighted by molar-refractivity contribution is 6.32. The van der Waals surface area contributed by atoms with Gasteiger partial charge in [-0.1, -0.05) is 29.8 Å². The summed E-state index contributed by atoms with van der Waals surface area (Å²) in [7, 11) is 4.79. The van der Waals surface area contributed by atoms with Crippen molar-refractivity contribution in [2.24, 2.45) is 5.10 Å². The number of ether oxygens (including phenoxy) is 5. The Morgan fingerprint density at radius 2 is 1.71 bits per heavy atom. The highest BCUT2D eigenvalue weighted by Gasteiger charge is 2.42. The molecule has 0 aliphatic carbocycles. The molecule has 3 aromatic carbocycles. The number of fused-ring (bicyclic) bond motifs is 3. The summed E-state index contributed by atoms with van der Waals surface area (Å²) in [5.41, 5.74) is 3.74. The topological polar surface area (TPSA) is 61.8 Å². The Balaban J connectivity index is 1.60. The minimum absolute atomic E-state index is 0.0110. The van der Waals surface area contributed by atoms with Crippen molar-refractivity contribution in [3.8, 4) is 28.7 Å². The number of methoxy groups -OCH3 is 3. The van der Waals surface area contributed by atoms with Gasteiger partial charge in [0.05, 0.1) is 50.3 Å². The first kappa shape index (κ1) is 23.2. The van der Waals surface area contributed by atoms with Gasteiger partial charge in [0, 0.05) is 12.0 Å². The van der Waals surface area contributed by atoms with Gasteiger partial charge in [-0.3, -0.25) is 0 Å². The molecule has 0 amide bonds. The van der Waals surface area contributed by atoms with E-state index >= 15 is 0 Å². The van der Waals surface area contributed by atoms with Crippen LogP contribution in [0.15, 0.2) is 59.7 Å². The van der Waals surface area contributed by atoms with E-state index in [0.717, 1.165) is 28.2 Å². The van der Waals surface area contributed by atoms with E-state index in [9.17, 15) is 0 Å². The number of hydrogen-bond acceptors (Lipinski definition) is 7. The molecule has 8 heteroatoms. The van der Waals surface area contributed by atoms with Gasteiger partial charge < -0.3 is 23.7 Å². The molecular weight excluding hydrogens is 468 g/mol. The average molecular weight is 495 g/mol. The van der Waals surface area contributed by atoms with Crippen molar-refractivity contribution >= 4 is 17.3 Å². The Bertz CT molecular complexity index is 1280. The Morgan fingerprint density at radius 3 is 2.43 bits per heavy atom. The van der Waals surface area contributed by atoms with Crippen LogP contribution < -0.4 is 23.7 Å². The van der Waals surface area contributed by atoms with Crippen LogP contribution in [0.25, 0.3) is 0 Å². The average Bonchev–Trinajstić information content (AvgIpc) is 3.34. The quantitative estimate of drug-likeness (QED) is 0.401. The number of rotatable bonds is 7. The van der Waals surface area contributed by atoms with Crippen molar-refractivity contribution in [2.45, 2.75) is 25.6 Å². The predicted octanol–water partition coefficient (Wildman–Crippen LogP) is 6.01. The normalized spacial score (nSPS) is 18.2. The number of nitrogens with zero attached hydrogens (tertiary/aromatic N) is 2. The molecule has 7 nitrogen and oxygen atoms in total. The summed E-state index contributed by atoms with van der Waals surface area (Å²) in [5, 5.41) is 7.58. The number of halogens is 1. The second kappa shape index (κ2) is 9.58. The first-order chi connectivity index (χ1) is 17.1. The van der Waals surface area contributed by atoms with Crippen LogP contribution in [0.5, 0.6) is 28.7 Å². The first-order valence-electron chi connectivity index (χ1n) is 11.4. The van der Waals surface area contributed by atoms with Gasteiger partial charge in [0.15, 0.2) is 11.5 Å². The first-order valence-corrected chi connectivity index (χ1v) is 11.8. The molecule has 0 radical (unpaired) electrons. The smallest absolute Gasteiger partial charge is 0.217 e. The van der Waals surface area contributed by atoms with Gasteiger partial charge in [0.2, 0.25) is 12.0 Å². The SMILES string of the molecule is CCOc1ccc(C2=NN3[C@@H](c4ccc(OC)c(OC)c4OC)Oc4ccccc4[C@@H]3C2)cc1Cl. The zero-order chi connectivity index (χ0) is 24.5. The summed E-state index contributed by atoms with van der Waals surface area (Å²) < 4.78 is 29.0. The maximum atomic E-state index is 6.50. The Hall–Kier alpha value is -3.58. The molecule has 0 fully saturated rings. The van der Waals surface area contributed by atoms with Crippen LogP contribution in [0.1, 0.15) is 42.3 Å². The molecule has 35 heavy (non-hydrogen) atoms. The molecule has 182 valence electrons. The van der Waals surface area contributed by atoms with Crippen molar-refractivity contribution in [1.82, 2.24) is 5.01 Å². The molecule has 0 saturated heterocycles. The minimum atomic E-state index is -0.527. The van der Waals surface area contributed by atoms with Crippen LogP contribution in [0, 0.1) is 0 Å². The molecule has 0 spiro atoms. The lowest BCUT2D eigenvalue weighted by atomic mass is 9.95. The van der Waals surface area contributed by atoms with Gasteiger partial charge in [0.1, 0.15) is 11.5 Å². The maximum Gasteiger partial charge on any atom is 0.217 e. The number of benzene rings is 3. The van der Waals surface area contributed by atoms with E-state index in [1.54, 1.807) is 21.3 Å². The monoisotopic (exact) mass is 494 g/mol.